The van der Waals surface area contributed by atoms with Crippen LogP contribution in [0.3, 0.4) is 0 Å². The normalized spacial score (nSPS) is 13.4. The zero-order chi connectivity index (χ0) is 13.2. The summed E-state index contributed by atoms with van der Waals surface area (Å²) >= 11 is 11.8. The lowest BCUT2D eigenvalue weighted by molar-refractivity contribution is 0.171. The number of benzene rings is 1. The lowest BCUT2D eigenvalue weighted by atomic mass is 10.1. The van der Waals surface area contributed by atoms with Gasteiger partial charge in [-0.3, -0.25) is 0 Å². The second kappa shape index (κ2) is 5.23. The highest BCUT2D eigenvalue weighted by atomic mass is 35.5. The number of hydrogen-bond acceptors (Lipinski definition) is 4. The molecule has 98 valence electrons. The minimum Gasteiger partial charge on any atom is -0.486 e. The van der Waals surface area contributed by atoms with Crippen LogP contribution in [0, 0.1) is 0 Å². The number of halogens is 2. The predicted molar refractivity (Wildman–Crippen MR) is 72.3 cm³/mol. The molecule has 0 N–H and O–H groups in total. The fraction of sp³-hybridized carbons (Fsp3) is 0.231. The van der Waals surface area contributed by atoms with Gasteiger partial charge >= 0.3 is 0 Å². The first kappa shape index (κ1) is 12.5. The van der Waals surface area contributed by atoms with Crippen LogP contribution >= 0.6 is 23.2 Å². The smallest absolute Gasteiger partial charge is 0.222 e. The lowest BCUT2D eigenvalue weighted by Crippen LogP contribution is -2.15. The van der Waals surface area contributed by atoms with E-state index in [1.165, 1.54) is 6.20 Å². The van der Waals surface area contributed by atoms with Crippen LogP contribution in [0.1, 0.15) is 11.3 Å². The second-order valence-corrected chi connectivity index (χ2v) is 4.83. The third kappa shape index (κ3) is 2.74. The Bertz CT molecular complexity index is 620. The SMILES string of the molecule is Clc1ncc(Cl)c(Cc2ccc3c(c2)OCCO3)n1. The molecule has 19 heavy (non-hydrogen) atoms. The van der Waals surface area contributed by atoms with Gasteiger partial charge in [-0.15, -0.1) is 0 Å². The predicted octanol–water partition coefficient (Wildman–Crippen LogP) is 3.15. The third-order valence-electron chi connectivity index (χ3n) is 2.77. The van der Waals surface area contributed by atoms with Crippen LogP contribution in [0.4, 0.5) is 0 Å². The van der Waals surface area contributed by atoms with Crippen molar-refractivity contribution in [2.45, 2.75) is 6.42 Å². The monoisotopic (exact) mass is 296 g/mol. The van der Waals surface area contributed by atoms with Crippen molar-refractivity contribution in [1.82, 2.24) is 9.97 Å². The largest absolute Gasteiger partial charge is 0.486 e. The second-order valence-electron chi connectivity index (χ2n) is 4.09. The highest BCUT2D eigenvalue weighted by Crippen LogP contribution is 2.31. The summed E-state index contributed by atoms with van der Waals surface area (Å²) in [5.41, 5.74) is 1.72. The van der Waals surface area contributed by atoms with E-state index < -0.39 is 0 Å². The van der Waals surface area contributed by atoms with Gasteiger partial charge in [0.25, 0.3) is 0 Å². The Morgan fingerprint density at radius 2 is 1.89 bits per heavy atom. The van der Waals surface area contributed by atoms with Gasteiger partial charge in [-0.1, -0.05) is 17.7 Å². The van der Waals surface area contributed by atoms with Crippen LogP contribution in [0.5, 0.6) is 11.5 Å². The van der Waals surface area contributed by atoms with Crippen molar-refractivity contribution in [3.05, 3.63) is 46.0 Å². The summed E-state index contributed by atoms with van der Waals surface area (Å²) in [7, 11) is 0. The van der Waals surface area contributed by atoms with E-state index >= 15 is 0 Å². The lowest BCUT2D eigenvalue weighted by Gasteiger charge is -2.18. The summed E-state index contributed by atoms with van der Waals surface area (Å²) in [6, 6.07) is 5.78. The van der Waals surface area contributed by atoms with Crippen LogP contribution in [0.15, 0.2) is 24.4 Å². The van der Waals surface area contributed by atoms with Crippen LogP contribution in [0.2, 0.25) is 10.3 Å². The summed E-state index contributed by atoms with van der Waals surface area (Å²) in [5, 5.41) is 0.691. The highest BCUT2D eigenvalue weighted by molar-refractivity contribution is 6.31. The Hall–Kier alpha value is -1.52. The Balaban J connectivity index is 1.89. The topological polar surface area (TPSA) is 44.2 Å². The Kier molecular flexibility index (Phi) is 3.44. The molecule has 0 saturated heterocycles. The van der Waals surface area contributed by atoms with Crippen molar-refractivity contribution in [1.29, 1.82) is 0 Å². The minimum absolute atomic E-state index is 0.192. The van der Waals surface area contributed by atoms with Gasteiger partial charge < -0.3 is 9.47 Å². The molecule has 0 atom stereocenters. The summed E-state index contributed by atoms with van der Waals surface area (Å²) < 4.78 is 11.0. The van der Waals surface area contributed by atoms with E-state index in [-0.39, 0.29) is 5.28 Å². The molecule has 0 saturated carbocycles. The van der Waals surface area contributed by atoms with Crippen molar-refractivity contribution in [2.24, 2.45) is 0 Å². The van der Waals surface area contributed by atoms with Crippen LogP contribution in [-0.2, 0) is 6.42 Å². The molecule has 0 amide bonds. The van der Waals surface area contributed by atoms with Crippen molar-refractivity contribution in [2.75, 3.05) is 13.2 Å². The van der Waals surface area contributed by atoms with E-state index in [4.69, 9.17) is 32.7 Å². The van der Waals surface area contributed by atoms with Crippen molar-refractivity contribution >= 4 is 23.2 Å². The molecule has 6 heteroatoms. The van der Waals surface area contributed by atoms with Crippen LogP contribution in [-0.4, -0.2) is 23.2 Å². The summed E-state index contributed by atoms with van der Waals surface area (Å²) in [4.78, 5) is 7.96. The van der Waals surface area contributed by atoms with E-state index in [9.17, 15) is 0 Å². The van der Waals surface area contributed by atoms with Crippen molar-refractivity contribution < 1.29 is 9.47 Å². The van der Waals surface area contributed by atoms with Crippen molar-refractivity contribution in [3.8, 4) is 11.5 Å². The van der Waals surface area contributed by atoms with E-state index in [0.717, 1.165) is 17.1 Å². The number of fused-ring (bicyclic) bond motifs is 1. The molecule has 0 radical (unpaired) electrons. The Labute approximate surface area is 120 Å². The Morgan fingerprint density at radius 1 is 1.11 bits per heavy atom. The first-order chi connectivity index (χ1) is 9.22. The minimum atomic E-state index is 0.192. The van der Waals surface area contributed by atoms with Gasteiger partial charge in [-0.2, -0.15) is 0 Å². The van der Waals surface area contributed by atoms with E-state index in [2.05, 4.69) is 9.97 Å². The maximum absolute atomic E-state index is 6.05. The van der Waals surface area contributed by atoms with Crippen LogP contribution in [0.25, 0.3) is 0 Å². The molecule has 0 bridgehead atoms. The van der Waals surface area contributed by atoms with Gasteiger partial charge in [-0.05, 0) is 29.3 Å². The molecule has 2 aromatic rings. The van der Waals surface area contributed by atoms with E-state index in [1.807, 2.05) is 18.2 Å². The quantitative estimate of drug-likeness (QED) is 0.799. The molecule has 0 spiro atoms. The van der Waals surface area contributed by atoms with Gasteiger partial charge in [0.05, 0.1) is 16.9 Å². The standard InChI is InChI=1S/C13H10Cl2N2O2/c14-9-7-16-13(15)17-10(9)5-8-1-2-11-12(6-8)19-4-3-18-11/h1-2,6-7H,3-5H2. The number of nitrogens with zero attached hydrogens (tertiary/aromatic N) is 2. The molecule has 0 fully saturated rings. The highest BCUT2D eigenvalue weighted by Gasteiger charge is 2.13. The van der Waals surface area contributed by atoms with Crippen molar-refractivity contribution in [3.63, 3.8) is 0 Å². The number of rotatable bonds is 2. The molecular weight excluding hydrogens is 287 g/mol. The average Bonchev–Trinajstić information content (AvgIpc) is 2.43. The number of ether oxygens (including phenoxy) is 2. The molecule has 1 aliphatic rings. The van der Waals surface area contributed by atoms with E-state index in [0.29, 0.717) is 30.4 Å². The molecule has 2 heterocycles. The summed E-state index contributed by atoms with van der Waals surface area (Å²) in [5.74, 6) is 1.52. The fourth-order valence-electron chi connectivity index (χ4n) is 1.89. The maximum atomic E-state index is 6.05. The molecule has 3 rings (SSSR count). The molecule has 1 aromatic carbocycles. The molecule has 0 aliphatic carbocycles. The van der Waals surface area contributed by atoms with Gasteiger partial charge in [0.2, 0.25) is 5.28 Å². The molecule has 1 aromatic heterocycles. The van der Waals surface area contributed by atoms with Crippen LogP contribution < -0.4 is 9.47 Å². The molecule has 4 nitrogen and oxygen atoms in total. The number of hydrogen-bond donors (Lipinski definition) is 0. The fourth-order valence-corrected chi connectivity index (χ4v) is 2.20. The molecule has 0 unspecified atom stereocenters. The van der Waals surface area contributed by atoms with Gasteiger partial charge in [-0.25, -0.2) is 9.97 Å². The molecular formula is C13H10Cl2N2O2. The maximum Gasteiger partial charge on any atom is 0.222 e. The average molecular weight is 297 g/mol. The zero-order valence-electron chi connectivity index (χ0n) is 9.90. The van der Waals surface area contributed by atoms with Gasteiger partial charge in [0.15, 0.2) is 11.5 Å². The van der Waals surface area contributed by atoms with Gasteiger partial charge in [0, 0.05) is 6.42 Å². The zero-order valence-corrected chi connectivity index (χ0v) is 11.4. The number of aromatic nitrogens is 2. The first-order valence-electron chi connectivity index (χ1n) is 5.78. The third-order valence-corrected chi connectivity index (χ3v) is 3.26. The summed E-state index contributed by atoms with van der Waals surface area (Å²) in [6.07, 6.45) is 2.07. The summed E-state index contributed by atoms with van der Waals surface area (Å²) in [6.45, 7) is 1.15. The van der Waals surface area contributed by atoms with E-state index in [1.54, 1.807) is 0 Å². The van der Waals surface area contributed by atoms with Gasteiger partial charge in [0.1, 0.15) is 13.2 Å². The first-order valence-corrected chi connectivity index (χ1v) is 6.53. The molecule has 1 aliphatic heterocycles. The Morgan fingerprint density at radius 3 is 2.74 bits per heavy atom.